The highest BCUT2D eigenvalue weighted by Gasteiger charge is 2.39. The van der Waals surface area contributed by atoms with Crippen molar-refractivity contribution in [3.8, 4) is 0 Å². The summed E-state index contributed by atoms with van der Waals surface area (Å²) in [5.74, 6) is 1.72. The molecule has 6 nitrogen and oxygen atoms in total. The van der Waals surface area contributed by atoms with Gasteiger partial charge in [0.1, 0.15) is 0 Å². The number of thioether (sulfide) groups is 1. The van der Waals surface area contributed by atoms with Crippen molar-refractivity contribution in [2.45, 2.75) is 147 Å². The Morgan fingerprint density at radius 1 is 0.921 bits per heavy atom. The number of hydrogen-bond donors (Lipinski definition) is 2. The van der Waals surface area contributed by atoms with Gasteiger partial charge in [0.25, 0.3) is 0 Å². The van der Waals surface area contributed by atoms with Gasteiger partial charge in [0.2, 0.25) is 8.46 Å². The first-order valence-electron chi connectivity index (χ1n) is 15.6. The van der Waals surface area contributed by atoms with Gasteiger partial charge < -0.3 is 19.7 Å². The van der Waals surface area contributed by atoms with E-state index in [1.165, 1.54) is 109 Å². The molecule has 8 heteroatoms. The molecule has 0 aliphatic heterocycles. The van der Waals surface area contributed by atoms with E-state index in [1.807, 2.05) is 11.8 Å². The third kappa shape index (κ3) is 16.8. The van der Waals surface area contributed by atoms with Crippen LogP contribution in [0.25, 0.3) is 0 Å². The number of carboxylic acid groups (broad SMARTS) is 1. The molecule has 0 spiro atoms. The van der Waals surface area contributed by atoms with Crippen molar-refractivity contribution in [2.75, 3.05) is 24.7 Å². The minimum absolute atomic E-state index is 0.0926. The van der Waals surface area contributed by atoms with Crippen LogP contribution < -0.4 is 0 Å². The lowest BCUT2D eigenvalue weighted by Gasteiger charge is -2.27. The van der Waals surface area contributed by atoms with E-state index in [0.717, 1.165) is 30.4 Å². The summed E-state index contributed by atoms with van der Waals surface area (Å²) in [5, 5.41) is 19.2. The van der Waals surface area contributed by atoms with Crippen molar-refractivity contribution in [3.05, 3.63) is 0 Å². The van der Waals surface area contributed by atoms with E-state index in [9.17, 15) is 19.6 Å². The maximum atomic E-state index is 11.3. The summed E-state index contributed by atoms with van der Waals surface area (Å²) in [6.45, 7) is 4.99. The molecule has 1 aliphatic carbocycles. The molecule has 0 bridgehead atoms. The Morgan fingerprint density at radius 2 is 1.53 bits per heavy atom. The van der Waals surface area contributed by atoms with Crippen molar-refractivity contribution >= 4 is 26.2 Å². The lowest BCUT2D eigenvalue weighted by Crippen LogP contribution is -2.39. The zero-order chi connectivity index (χ0) is 27.9. The van der Waals surface area contributed by atoms with Crippen molar-refractivity contribution < 1.29 is 29.0 Å². The van der Waals surface area contributed by atoms with Gasteiger partial charge in [-0.25, -0.2) is 4.79 Å². The predicted molar refractivity (Wildman–Crippen MR) is 159 cm³/mol. The van der Waals surface area contributed by atoms with E-state index in [2.05, 4.69) is 13.8 Å². The van der Waals surface area contributed by atoms with Crippen molar-refractivity contribution in [1.82, 2.24) is 0 Å². The number of aliphatic hydroxyl groups is 1. The molecule has 0 saturated heterocycles. The van der Waals surface area contributed by atoms with E-state index < -0.39 is 20.0 Å². The molecule has 1 saturated carbocycles. The van der Waals surface area contributed by atoms with E-state index in [4.69, 9.17) is 9.47 Å². The summed E-state index contributed by atoms with van der Waals surface area (Å²) < 4.78 is 22.5. The predicted octanol–water partition coefficient (Wildman–Crippen LogP) is 8.84. The third-order valence-electron chi connectivity index (χ3n) is 7.91. The monoisotopic (exact) mass is 576 g/mol. The quantitative estimate of drug-likeness (QED) is 0.0485. The fourth-order valence-electron chi connectivity index (χ4n) is 5.47. The van der Waals surface area contributed by atoms with Crippen molar-refractivity contribution in [2.24, 2.45) is 11.8 Å². The highest BCUT2D eigenvalue weighted by molar-refractivity contribution is 7.99. The topological polar surface area (TPSA) is 93.1 Å². The average Bonchev–Trinajstić information content (AvgIpc) is 3.21. The van der Waals surface area contributed by atoms with Crippen LogP contribution in [0, 0.1) is 11.8 Å². The van der Waals surface area contributed by atoms with Gasteiger partial charge in [-0.3, -0.25) is 4.57 Å². The number of rotatable bonds is 25. The minimum atomic E-state index is -2.71. The summed E-state index contributed by atoms with van der Waals surface area (Å²) in [6, 6.07) is 0. The molecule has 0 amide bonds. The Labute approximate surface area is 239 Å². The van der Waals surface area contributed by atoms with Crippen LogP contribution in [-0.4, -0.2) is 52.5 Å². The summed E-state index contributed by atoms with van der Waals surface area (Å²) in [4.78, 5) is 11.3. The minimum Gasteiger partial charge on any atom is -0.477 e. The molecule has 224 valence electrons. The zero-order valence-corrected chi connectivity index (χ0v) is 26.1. The molecule has 0 aromatic carbocycles. The summed E-state index contributed by atoms with van der Waals surface area (Å²) in [7, 11) is -0.975. The second-order valence-electron chi connectivity index (χ2n) is 11.2. The average molecular weight is 577 g/mol. The standard InChI is InChI=1S/C30H57O6PS/c1-3-5-7-8-9-10-13-17-22-35-28(24-36-30(33,37-34)29(31)32)25-38-23-21-27(18-14-6-4-2)26-19-15-11-12-16-20-26/h26-28,33H,3-25H2,1-2H3,(H,31,32). The van der Waals surface area contributed by atoms with Gasteiger partial charge in [0, 0.05) is 12.4 Å². The number of aliphatic carboxylic acids is 1. The molecule has 3 unspecified atom stereocenters. The number of hydrogen-bond acceptors (Lipinski definition) is 6. The van der Waals surface area contributed by atoms with Crippen LogP contribution in [0.3, 0.4) is 0 Å². The van der Waals surface area contributed by atoms with E-state index >= 15 is 0 Å². The molecule has 1 fully saturated rings. The second kappa shape index (κ2) is 23.5. The number of carbonyl (C=O) groups is 1. The maximum absolute atomic E-state index is 11.3. The number of carboxylic acids is 1. The molecule has 0 aromatic heterocycles. The smallest absolute Gasteiger partial charge is 0.377 e. The molecule has 0 aromatic rings. The third-order valence-corrected chi connectivity index (χ3v) is 9.61. The number of unbranched alkanes of at least 4 members (excludes halogenated alkanes) is 9. The van der Waals surface area contributed by atoms with Crippen LogP contribution >= 0.6 is 20.2 Å². The van der Waals surface area contributed by atoms with Gasteiger partial charge in [-0.1, -0.05) is 123 Å². The normalized spacial score (nSPS) is 18.2. The lowest BCUT2D eigenvalue weighted by atomic mass is 9.81. The van der Waals surface area contributed by atoms with Gasteiger partial charge in [-0.05, 0) is 30.4 Å². The van der Waals surface area contributed by atoms with Crippen LogP contribution in [0.4, 0.5) is 0 Å². The molecular weight excluding hydrogens is 519 g/mol. The molecule has 38 heavy (non-hydrogen) atoms. The van der Waals surface area contributed by atoms with Gasteiger partial charge in [0.15, 0.2) is 0 Å². The highest BCUT2D eigenvalue weighted by atomic mass is 32.2. The highest BCUT2D eigenvalue weighted by Crippen LogP contribution is 2.35. The molecule has 1 rings (SSSR count). The second-order valence-corrected chi connectivity index (χ2v) is 13.1. The van der Waals surface area contributed by atoms with Gasteiger partial charge in [0.05, 0.1) is 12.7 Å². The summed E-state index contributed by atoms with van der Waals surface area (Å²) >= 11 is 1.83. The summed E-state index contributed by atoms with van der Waals surface area (Å²) in [5.41, 5.74) is -2.71. The molecule has 1 aliphatic rings. The van der Waals surface area contributed by atoms with Crippen LogP contribution in [0.2, 0.25) is 0 Å². The first-order valence-corrected chi connectivity index (χ1v) is 17.6. The maximum Gasteiger partial charge on any atom is 0.377 e. The van der Waals surface area contributed by atoms with Gasteiger partial charge in [-0.15, -0.1) is 0 Å². The Balaban J connectivity index is 2.51. The Bertz CT molecular complexity index is 587. The molecule has 3 atom stereocenters. The fourth-order valence-corrected chi connectivity index (χ4v) is 6.77. The van der Waals surface area contributed by atoms with Crippen LogP contribution in [-0.2, 0) is 18.8 Å². The van der Waals surface area contributed by atoms with Gasteiger partial charge in [-0.2, -0.15) is 11.8 Å². The van der Waals surface area contributed by atoms with Crippen LogP contribution in [0.1, 0.15) is 136 Å². The lowest BCUT2D eigenvalue weighted by molar-refractivity contribution is -0.195. The Morgan fingerprint density at radius 3 is 2.13 bits per heavy atom. The van der Waals surface area contributed by atoms with Crippen molar-refractivity contribution in [1.29, 1.82) is 0 Å². The molecular formula is C30H57O6PS. The van der Waals surface area contributed by atoms with Crippen molar-refractivity contribution in [3.63, 3.8) is 0 Å². The summed E-state index contributed by atoms with van der Waals surface area (Å²) in [6.07, 6.45) is 24.1. The SMILES string of the molecule is CCCCCCCCCCOC(COC(O)(P=O)C(=O)O)CSCCC(CCCCC)C1CCCCCC1. The van der Waals surface area contributed by atoms with E-state index in [1.54, 1.807) is 0 Å². The zero-order valence-electron chi connectivity index (χ0n) is 24.4. The van der Waals surface area contributed by atoms with Crippen LogP contribution in [0.15, 0.2) is 0 Å². The first-order chi connectivity index (χ1) is 18.5. The number of ether oxygens (including phenoxy) is 2. The Hall–Kier alpha value is -0.200. The Kier molecular flexibility index (Phi) is 22.2. The fraction of sp³-hybridized carbons (Fsp3) is 0.967. The molecule has 0 radical (unpaired) electrons. The first kappa shape index (κ1) is 35.8. The molecule has 0 heterocycles. The molecule has 2 N–H and O–H groups in total. The van der Waals surface area contributed by atoms with Gasteiger partial charge >= 0.3 is 11.5 Å². The van der Waals surface area contributed by atoms with Crippen LogP contribution in [0.5, 0.6) is 0 Å². The van der Waals surface area contributed by atoms with E-state index in [0.29, 0.717) is 12.4 Å². The van der Waals surface area contributed by atoms with E-state index in [-0.39, 0.29) is 12.7 Å². The largest absolute Gasteiger partial charge is 0.477 e.